The fourth-order valence-corrected chi connectivity index (χ4v) is 3.48. The summed E-state index contributed by atoms with van der Waals surface area (Å²) in [5, 5.41) is 8.47. The van der Waals surface area contributed by atoms with Gasteiger partial charge in [0.1, 0.15) is 5.69 Å². The molecule has 0 saturated heterocycles. The van der Waals surface area contributed by atoms with Crippen LogP contribution in [0.3, 0.4) is 0 Å². The van der Waals surface area contributed by atoms with Crippen LogP contribution in [-0.4, -0.2) is 25.1 Å². The molecule has 0 unspecified atom stereocenters. The second kappa shape index (κ2) is 6.78. The molecular formula is C23H19N5. The molecule has 0 fully saturated rings. The number of pyridine rings is 2. The Kier molecular flexibility index (Phi) is 3.98. The molecular weight excluding hydrogens is 346 g/mol. The Morgan fingerprint density at radius 2 is 1.75 bits per heavy atom. The Bertz CT molecular complexity index is 1250. The lowest BCUT2D eigenvalue weighted by atomic mass is 10.1. The Morgan fingerprint density at radius 1 is 0.857 bits per heavy atom. The van der Waals surface area contributed by atoms with Crippen molar-refractivity contribution in [2.24, 2.45) is 0 Å². The standard InChI is InChI=1S/C23H19N5/c1-15-12-22(28-27-15)20-10-5-9-19(25-20)21-14-17-7-4-6-16(23(17)26-21)13-18-8-2-3-11-24-18/h2-12,14,26H,13H2,1H3,(H,27,28). The Labute approximate surface area is 162 Å². The molecule has 5 heteroatoms. The minimum absolute atomic E-state index is 0.790. The third kappa shape index (κ3) is 3.07. The van der Waals surface area contributed by atoms with E-state index in [1.54, 1.807) is 0 Å². The summed E-state index contributed by atoms with van der Waals surface area (Å²) >= 11 is 0. The van der Waals surface area contributed by atoms with Crippen molar-refractivity contribution in [2.45, 2.75) is 13.3 Å². The molecule has 0 spiro atoms. The van der Waals surface area contributed by atoms with Gasteiger partial charge in [0.2, 0.25) is 0 Å². The first-order chi connectivity index (χ1) is 13.8. The summed E-state index contributed by atoms with van der Waals surface area (Å²) in [5.41, 5.74) is 8.04. The number of aryl methyl sites for hydroxylation is 1. The zero-order chi connectivity index (χ0) is 18.9. The molecule has 0 amide bonds. The van der Waals surface area contributed by atoms with Gasteiger partial charge in [-0.05, 0) is 48.9 Å². The number of H-pyrrole nitrogens is 2. The van der Waals surface area contributed by atoms with E-state index in [1.807, 2.05) is 49.5 Å². The third-order valence-corrected chi connectivity index (χ3v) is 4.83. The maximum absolute atomic E-state index is 4.81. The Morgan fingerprint density at radius 3 is 2.57 bits per heavy atom. The van der Waals surface area contributed by atoms with Crippen LogP contribution in [0, 0.1) is 6.92 Å². The number of rotatable bonds is 4. The fraction of sp³-hybridized carbons (Fsp3) is 0.0870. The molecule has 4 aromatic heterocycles. The second-order valence-electron chi connectivity index (χ2n) is 6.91. The van der Waals surface area contributed by atoms with Gasteiger partial charge in [-0.1, -0.05) is 30.3 Å². The highest BCUT2D eigenvalue weighted by Gasteiger charge is 2.11. The van der Waals surface area contributed by atoms with Crippen LogP contribution < -0.4 is 0 Å². The number of fused-ring (bicyclic) bond motifs is 1. The van der Waals surface area contributed by atoms with Crippen LogP contribution >= 0.6 is 0 Å². The van der Waals surface area contributed by atoms with Gasteiger partial charge < -0.3 is 4.98 Å². The van der Waals surface area contributed by atoms with E-state index in [0.29, 0.717) is 0 Å². The summed E-state index contributed by atoms with van der Waals surface area (Å²) in [6, 6.07) is 22.6. The largest absolute Gasteiger partial charge is 0.353 e. The number of para-hydroxylation sites is 1. The summed E-state index contributed by atoms with van der Waals surface area (Å²) in [5.74, 6) is 0. The normalized spacial score (nSPS) is 11.2. The molecule has 0 aliphatic carbocycles. The van der Waals surface area contributed by atoms with Crippen LogP contribution in [0.25, 0.3) is 33.7 Å². The van der Waals surface area contributed by atoms with Gasteiger partial charge in [-0.25, -0.2) is 4.98 Å². The highest BCUT2D eigenvalue weighted by atomic mass is 15.1. The van der Waals surface area contributed by atoms with Crippen molar-refractivity contribution in [1.29, 1.82) is 0 Å². The van der Waals surface area contributed by atoms with E-state index in [0.717, 1.165) is 46.1 Å². The predicted molar refractivity (Wildman–Crippen MR) is 111 cm³/mol. The number of hydrogen-bond acceptors (Lipinski definition) is 3. The molecule has 0 saturated carbocycles. The molecule has 5 rings (SSSR count). The monoisotopic (exact) mass is 365 g/mol. The first-order valence-corrected chi connectivity index (χ1v) is 9.26. The van der Waals surface area contributed by atoms with Crippen molar-refractivity contribution in [3.8, 4) is 22.8 Å². The van der Waals surface area contributed by atoms with Gasteiger partial charge in [-0.2, -0.15) is 5.10 Å². The minimum Gasteiger partial charge on any atom is -0.353 e. The summed E-state index contributed by atoms with van der Waals surface area (Å²) in [6.45, 7) is 1.99. The number of aromatic amines is 2. The quantitative estimate of drug-likeness (QED) is 0.475. The third-order valence-electron chi connectivity index (χ3n) is 4.83. The average molecular weight is 365 g/mol. The van der Waals surface area contributed by atoms with E-state index in [4.69, 9.17) is 4.98 Å². The van der Waals surface area contributed by atoms with E-state index < -0.39 is 0 Å². The molecule has 136 valence electrons. The smallest absolute Gasteiger partial charge is 0.111 e. The van der Waals surface area contributed by atoms with Crippen LogP contribution in [0.5, 0.6) is 0 Å². The summed E-state index contributed by atoms with van der Waals surface area (Å²) in [6.07, 6.45) is 2.62. The molecule has 0 atom stereocenters. The SMILES string of the molecule is Cc1cc(-c2cccc(-c3cc4cccc(Cc5ccccn5)c4[nH]3)n2)n[nH]1. The zero-order valence-corrected chi connectivity index (χ0v) is 15.5. The van der Waals surface area contributed by atoms with E-state index >= 15 is 0 Å². The van der Waals surface area contributed by atoms with Gasteiger partial charge in [0.05, 0.1) is 17.1 Å². The highest BCUT2D eigenvalue weighted by Crippen LogP contribution is 2.27. The molecule has 5 nitrogen and oxygen atoms in total. The van der Waals surface area contributed by atoms with Crippen LogP contribution in [0.1, 0.15) is 17.0 Å². The van der Waals surface area contributed by atoms with E-state index in [1.165, 1.54) is 10.9 Å². The minimum atomic E-state index is 0.790. The van der Waals surface area contributed by atoms with E-state index in [2.05, 4.69) is 50.5 Å². The number of aromatic nitrogens is 5. The fourth-order valence-electron chi connectivity index (χ4n) is 3.48. The number of nitrogens with one attached hydrogen (secondary N) is 2. The number of hydrogen-bond donors (Lipinski definition) is 2. The molecule has 28 heavy (non-hydrogen) atoms. The van der Waals surface area contributed by atoms with Crippen LogP contribution in [0.2, 0.25) is 0 Å². The van der Waals surface area contributed by atoms with Crippen molar-refractivity contribution >= 4 is 10.9 Å². The lowest BCUT2D eigenvalue weighted by Crippen LogP contribution is -1.92. The Hall–Kier alpha value is -3.73. The molecule has 1 aromatic carbocycles. The topological polar surface area (TPSA) is 70.2 Å². The van der Waals surface area contributed by atoms with E-state index in [9.17, 15) is 0 Å². The average Bonchev–Trinajstić information content (AvgIpc) is 3.36. The highest BCUT2D eigenvalue weighted by molar-refractivity contribution is 5.88. The van der Waals surface area contributed by atoms with Crippen LogP contribution in [-0.2, 0) is 6.42 Å². The van der Waals surface area contributed by atoms with Gasteiger partial charge in [-0.15, -0.1) is 0 Å². The van der Waals surface area contributed by atoms with Crippen molar-refractivity contribution in [2.75, 3.05) is 0 Å². The predicted octanol–water partition coefficient (Wildman–Crippen LogP) is 4.91. The molecule has 0 aliphatic heterocycles. The van der Waals surface area contributed by atoms with Crippen molar-refractivity contribution in [3.63, 3.8) is 0 Å². The number of nitrogens with zero attached hydrogens (tertiary/aromatic N) is 3. The molecule has 0 aliphatic rings. The maximum atomic E-state index is 4.81. The summed E-state index contributed by atoms with van der Waals surface area (Å²) in [7, 11) is 0. The van der Waals surface area contributed by atoms with Crippen molar-refractivity contribution in [3.05, 3.63) is 89.9 Å². The van der Waals surface area contributed by atoms with Gasteiger partial charge in [0.15, 0.2) is 0 Å². The molecule has 0 bridgehead atoms. The number of benzene rings is 1. The van der Waals surface area contributed by atoms with Gasteiger partial charge in [-0.3, -0.25) is 10.1 Å². The lowest BCUT2D eigenvalue weighted by molar-refractivity contribution is 1.04. The molecule has 0 radical (unpaired) electrons. The second-order valence-corrected chi connectivity index (χ2v) is 6.91. The zero-order valence-electron chi connectivity index (χ0n) is 15.5. The van der Waals surface area contributed by atoms with Crippen molar-refractivity contribution in [1.82, 2.24) is 25.1 Å². The van der Waals surface area contributed by atoms with Crippen LogP contribution in [0.15, 0.2) is 72.9 Å². The molecule has 5 aromatic rings. The van der Waals surface area contributed by atoms with E-state index in [-0.39, 0.29) is 0 Å². The first kappa shape index (κ1) is 16.4. The summed E-state index contributed by atoms with van der Waals surface area (Å²) in [4.78, 5) is 12.8. The lowest BCUT2D eigenvalue weighted by Gasteiger charge is -2.03. The van der Waals surface area contributed by atoms with Crippen LogP contribution in [0.4, 0.5) is 0 Å². The van der Waals surface area contributed by atoms with Gasteiger partial charge in [0, 0.05) is 34.9 Å². The van der Waals surface area contributed by atoms with Gasteiger partial charge >= 0.3 is 0 Å². The Balaban J connectivity index is 1.55. The summed E-state index contributed by atoms with van der Waals surface area (Å²) < 4.78 is 0. The molecule has 4 heterocycles. The first-order valence-electron chi connectivity index (χ1n) is 9.26. The molecule has 2 N–H and O–H groups in total. The maximum Gasteiger partial charge on any atom is 0.111 e. The van der Waals surface area contributed by atoms with Gasteiger partial charge in [0.25, 0.3) is 0 Å². The van der Waals surface area contributed by atoms with Crippen molar-refractivity contribution < 1.29 is 0 Å².